The molecule has 0 radical (unpaired) electrons. The standard InChI is InChI=1S/C14H23N/c1-6-8-9-12-11(5)14(10(3)4)15-13(12)7-2/h15H,3,6-9H2,1-2,4-5H3. The van der Waals surface area contributed by atoms with Gasteiger partial charge in [-0.2, -0.15) is 0 Å². The van der Waals surface area contributed by atoms with E-state index in [4.69, 9.17) is 0 Å². The van der Waals surface area contributed by atoms with Crippen LogP contribution in [0.4, 0.5) is 0 Å². The fourth-order valence-electron chi connectivity index (χ4n) is 2.12. The monoisotopic (exact) mass is 205 g/mol. The second kappa shape index (κ2) is 5.20. The first-order chi connectivity index (χ1) is 7.11. The Morgan fingerprint density at radius 3 is 2.47 bits per heavy atom. The van der Waals surface area contributed by atoms with Gasteiger partial charge in [-0.15, -0.1) is 0 Å². The minimum atomic E-state index is 1.09. The molecule has 1 heteroatoms. The normalized spacial score (nSPS) is 10.7. The Morgan fingerprint density at radius 1 is 1.33 bits per heavy atom. The van der Waals surface area contributed by atoms with Crippen molar-refractivity contribution in [1.82, 2.24) is 4.98 Å². The molecule has 1 nitrogen and oxygen atoms in total. The zero-order valence-corrected chi connectivity index (χ0v) is 10.5. The number of allylic oxidation sites excluding steroid dienone is 1. The summed E-state index contributed by atoms with van der Waals surface area (Å²) in [6.45, 7) is 12.8. The molecule has 0 atom stereocenters. The van der Waals surface area contributed by atoms with Gasteiger partial charge in [-0.1, -0.05) is 26.8 Å². The molecule has 0 saturated carbocycles. The summed E-state index contributed by atoms with van der Waals surface area (Å²) in [6, 6.07) is 0. The van der Waals surface area contributed by atoms with Gasteiger partial charge in [0.2, 0.25) is 0 Å². The smallest absolute Gasteiger partial charge is 0.0438 e. The lowest BCUT2D eigenvalue weighted by Gasteiger charge is -2.02. The van der Waals surface area contributed by atoms with Gasteiger partial charge < -0.3 is 4.98 Å². The van der Waals surface area contributed by atoms with Gasteiger partial charge in [0, 0.05) is 11.4 Å². The van der Waals surface area contributed by atoms with Crippen LogP contribution in [0.3, 0.4) is 0 Å². The number of aryl methyl sites for hydroxylation is 1. The lowest BCUT2D eigenvalue weighted by molar-refractivity contribution is 0.783. The summed E-state index contributed by atoms with van der Waals surface area (Å²) in [5.74, 6) is 0. The number of aromatic nitrogens is 1. The summed E-state index contributed by atoms with van der Waals surface area (Å²) in [6.07, 6.45) is 4.83. The summed E-state index contributed by atoms with van der Waals surface area (Å²) in [5, 5.41) is 0. The van der Waals surface area contributed by atoms with Gasteiger partial charge in [-0.05, 0) is 49.8 Å². The third kappa shape index (κ3) is 2.53. The Balaban J connectivity index is 3.05. The minimum Gasteiger partial charge on any atom is -0.358 e. The lowest BCUT2D eigenvalue weighted by atomic mass is 10.0. The molecular formula is C14H23N. The van der Waals surface area contributed by atoms with E-state index in [1.165, 1.54) is 41.8 Å². The van der Waals surface area contributed by atoms with Crippen molar-refractivity contribution < 1.29 is 0 Å². The Hall–Kier alpha value is -0.980. The van der Waals surface area contributed by atoms with Crippen molar-refractivity contribution in [2.75, 3.05) is 0 Å². The van der Waals surface area contributed by atoms with E-state index < -0.39 is 0 Å². The molecule has 0 aliphatic rings. The molecule has 0 aliphatic carbocycles. The highest BCUT2D eigenvalue weighted by atomic mass is 14.7. The first kappa shape index (κ1) is 12.1. The van der Waals surface area contributed by atoms with Gasteiger partial charge in [0.05, 0.1) is 0 Å². The van der Waals surface area contributed by atoms with Gasteiger partial charge >= 0.3 is 0 Å². The molecule has 0 saturated heterocycles. The Morgan fingerprint density at radius 2 is 2.00 bits per heavy atom. The van der Waals surface area contributed by atoms with E-state index in [-0.39, 0.29) is 0 Å². The highest BCUT2D eigenvalue weighted by molar-refractivity contribution is 5.63. The van der Waals surface area contributed by atoms with E-state index in [1.54, 1.807) is 0 Å². The van der Waals surface area contributed by atoms with E-state index in [0.717, 1.165) is 12.0 Å². The van der Waals surface area contributed by atoms with Crippen LogP contribution >= 0.6 is 0 Å². The number of H-pyrrole nitrogens is 1. The van der Waals surface area contributed by atoms with Gasteiger partial charge in [0.15, 0.2) is 0 Å². The van der Waals surface area contributed by atoms with Crippen molar-refractivity contribution in [3.8, 4) is 0 Å². The molecule has 1 N–H and O–H groups in total. The number of unbranched alkanes of at least 4 members (excludes halogenated alkanes) is 1. The molecular weight excluding hydrogens is 182 g/mol. The summed E-state index contributed by atoms with van der Waals surface area (Å²) in [7, 11) is 0. The van der Waals surface area contributed by atoms with Gasteiger partial charge in [-0.3, -0.25) is 0 Å². The molecule has 0 unspecified atom stereocenters. The summed E-state index contributed by atoms with van der Waals surface area (Å²) < 4.78 is 0. The van der Waals surface area contributed by atoms with Crippen molar-refractivity contribution in [1.29, 1.82) is 0 Å². The number of aromatic amines is 1. The first-order valence-electron chi connectivity index (χ1n) is 5.97. The number of hydrogen-bond acceptors (Lipinski definition) is 0. The molecule has 1 aromatic rings. The maximum absolute atomic E-state index is 4.02. The van der Waals surface area contributed by atoms with Crippen molar-refractivity contribution in [2.45, 2.75) is 53.4 Å². The average molecular weight is 205 g/mol. The van der Waals surface area contributed by atoms with Crippen molar-refractivity contribution in [3.63, 3.8) is 0 Å². The molecule has 0 spiro atoms. The highest BCUT2D eigenvalue weighted by Gasteiger charge is 2.12. The maximum Gasteiger partial charge on any atom is 0.0438 e. The molecule has 15 heavy (non-hydrogen) atoms. The minimum absolute atomic E-state index is 1.09. The maximum atomic E-state index is 4.02. The second-order valence-electron chi connectivity index (χ2n) is 4.32. The zero-order chi connectivity index (χ0) is 11.4. The second-order valence-corrected chi connectivity index (χ2v) is 4.32. The summed E-state index contributed by atoms with van der Waals surface area (Å²) in [5.41, 5.74) is 6.73. The number of hydrogen-bond donors (Lipinski definition) is 1. The van der Waals surface area contributed by atoms with Crippen LogP contribution in [0.1, 0.15) is 56.1 Å². The summed E-state index contributed by atoms with van der Waals surface area (Å²) >= 11 is 0. The molecule has 1 heterocycles. The average Bonchev–Trinajstić information content (AvgIpc) is 2.52. The molecule has 1 aromatic heterocycles. The third-order valence-corrected chi connectivity index (χ3v) is 3.03. The van der Waals surface area contributed by atoms with E-state index in [2.05, 4.69) is 39.3 Å². The van der Waals surface area contributed by atoms with Crippen LogP contribution in [0.5, 0.6) is 0 Å². The third-order valence-electron chi connectivity index (χ3n) is 3.03. The molecule has 0 amide bonds. The molecule has 0 fully saturated rings. The van der Waals surface area contributed by atoms with Crippen LogP contribution in [-0.4, -0.2) is 4.98 Å². The van der Waals surface area contributed by atoms with Gasteiger partial charge in [0.25, 0.3) is 0 Å². The zero-order valence-electron chi connectivity index (χ0n) is 10.5. The van der Waals surface area contributed by atoms with Crippen LogP contribution in [-0.2, 0) is 12.8 Å². The van der Waals surface area contributed by atoms with Crippen LogP contribution in [0.25, 0.3) is 5.57 Å². The van der Waals surface area contributed by atoms with Crippen LogP contribution in [0, 0.1) is 6.92 Å². The van der Waals surface area contributed by atoms with Crippen molar-refractivity contribution in [2.24, 2.45) is 0 Å². The Labute approximate surface area is 93.6 Å². The lowest BCUT2D eigenvalue weighted by Crippen LogP contribution is -1.91. The van der Waals surface area contributed by atoms with Crippen molar-refractivity contribution >= 4 is 5.57 Å². The summed E-state index contributed by atoms with van der Waals surface area (Å²) in [4.78, 5) is 3.51. The molecule has 84 valence electrons. The molecule has 1 rings (SSSR count). The van der Waals surface area contributed by atoms with E-state index in [0.29, 0.717) is 0 Å². The van der Waals surface area contributed by atoms with Crippen LogP contribution in [0.2, 0.25) is 0 Å². The molecule has 0 aliphatic heterocycles. The number of rotatable bonds is 5. The molecule has 0 aromatic carbocycles. The van der Waals surface area contributed by atoms with Crippen LogP contribution < -0.4 is 0 Å². The van der Waals surface area contributed by atoms with E-state index >= 15 is 0 Å². The Bertz CT molecular complexity index is 344. The SMILES string of the molecule is C=C(C)c1[nH]c(CC)c(CCCC)c1C. The fourth-order valence-corrected chi connectivity index (χ4v) is 2.12. The van der Waals surface area contributed by atoms with E-state index in [1.807, 2.05) is 0 Å². The van der Waals surface area contributed by atoms with Crippen molar-refractivity contribution in [3.05, 3.63) is 29.1 Å². The quantitative estimate of drug-likeness (QED) is 0.739. The van der Waals surface area contributed by atoms with E-state index in [9.17, 15) is 0 Å². The predicted molar refractivity (Wildman–Crippen MR) is 68.2 cm³/mol. The van der Waals surface area contributed by atoms with Gasteiger partial charge in [0.1, 0.15) is 0 Å². The van der Waals surface area contributed by atoms with Gasteiger partial charge in [-0.25, -0.2) is 0 Å². The predicted octanol–water partition coefficient (Wildman–Crippen LogP) is 4.26. The largest absolute Gasteiger partial charge is 0.358 e. The highest BCUT2D eigenvalue weighted by Crippen LogP contribution is 2.25. The fraction of sp³-hybridized carbons (Fsp3) is 0.571. The topological polar surface area (TPSA) is 15.8 Å². The Kier molecular flexibility index (Phi) is 4.19. The van der Waals surface area contributed by atoms with Crippen LogP contribution in [0.15, 0.2) is 6.58 Å². The first-order valence-corrected chi connectivity index (χ1v) is 5.97. The molecule has 0 bridgehead atoms. The number of nitrogens with one attached hydrogen (secondary N) is 1.